The Morgan fingerprint density at radius 2 is 1.72 bits per heavy atom. The van der Waals surface area contributed by atoms with Gasteiger partial charge in [-0.25, -0.2) is 0 Å². The van der Waals surface area contributed by atoms with Crippen LogP contribution >= 0.6 is 7.60 Å². The number of carbonyl (C=O) groups excluding carboxylic acids is 1. The molecule has 2 atom stereocenters. The number of carbonyl (C=O) groups is 1. The molecule has 29 heavy (non-hydrogen) atoms. The lowest BCUT2D eigenvalue weighted by Gasteiger charge is -2.33. The molecule has 1 aliphatic rings. The lowest BCUT2D eigenvalue weighted by Crippen LogP contribution is -2.36. The molecule has 0 bridgehead atoms. The average molecular weight is 428 g/mol. The summed E-state index contributed by atoms with van der Waals surface area (Å²) in [5.74, 6) is 0.247. The molecular formula is C21H33O7P. The molecule has 0 N–H and O–H groups in total. The molecule has 0 saturated carbocycles. The van der Waals surface area contributed by atoms with Gasteiger partial charge in [-0.3, -0.25) is 9.36 Å². The van der Waals surface area contributed by atoms with Gasteiger partial charge in [0.15, 0.2) is 17.2 Å². The van der Waals surface area contributed by atoms with Gasteiger partial charge >= 0.3 is 13.6 Å². The van der Waals surface area contributed by atoms with E-state index in [-0.39, 0.29) is 20.0 Å². The van der Waals surface area contributed by atoms with Crippen molar-refractivity contribution in [3.05, 3.63) is 23.8 Å². The first-order valence-electron chi connectivity index (χ1n) is 10.2. The van der Waals surface area contributed by atoms with Crippen molar-refractivity contribution in [2.24, 2.45) is 0 Å². The van der Waals surface area contributed by atoms with Gasteiger partial charge in [0.25, 0.3) is 0 Å². The first-order chi connectivity index (χ1) is 13.6. The molecule has 1 aromatic rings. The summed E-state index contributed by atoms with van der Waals surface area (Å²) in [4.78, 5) is 13.3. The van der Waals surface area contributed by atoms with Crippen molar-refractivity contribution in [2.75, 3.05) is 20.0 Å². The van der Waals surface area contributed by atoms with Crippen LogP contribution in [0.25, 0.3) is 0 Å². The van der Waals surface area contributed by atoms with Gasteiger partial charge in [-0.05, 0) is 58.7 Å². The maximum absolute atomic E-state index is 13.8. The minimum Gasteiger partial charge on any atom is -0.459 e. The highest BCUT2D eigenvalue weighted by atomic mass is 31.2. The molecule has 0 radical (unpaired) electrons. The smallest absolute Gasteiger partial charge is 0.345 e. The fourth-order valence-corrected chi connectivity index (χ4v) is 5.58. The monoisotopic (exact) mass is 428 g/mol. The van der Waals surface area contributed by atoms with Crippen LogP contribution in [0.3, 0.4) is 0 Å². The Balaban J connectivity index is 2.54. The number of rotatable bonds is 10. The predicted octanol–water partition coefficient (Wildman–Crippen LogP) is 5.28. The first-order valence-corrected chi connectivity index (χ1v) is 11.8. The van der Waals surface area contributed by atoms with Gasteiger partial charge in [0.1, 0.15) is 5.60 Å². The molecule has 2 unspecified atom stereocenters. The second-order valence-corrected chi connectivity index (χ2v) is 10.0. The lowest BCUT2D eigenvalue weighted by atomic mass is 9.90. The van der Waals surface area contributed by atoms with Crippen LogP contribution in [-0.2, 0) is 23.1 Å². The Kier molecular flexibility index (Phi) is 8.15. The zero-order valence-electron chi connectivity index (χ0n) is 18.2. The van der Waals surface area contributed by atoms with Crippen molar-refractivity contribution in [1.82, 2.24) is 0 Å². The topological polar surface area (TPSA) is 80.3 Å². The van der Waals surface area contributed by atoms with Crippen LogP contribution in [-0.4, -0.2) is 37.2 Å². The SMILES string of the molecule is CCCC(c1ccc2c(c1)OCO2)C(C(=O)OC(C)(C)C)P(=O)(OCC)OCC. The van der Waals surface area contributed by atoms with E-state index in [0.717, 1.165) is 12.0 Å². The van der Waals surface area contributed by atoms with Gasteiger partial charge in [-0.2, -0.15) is 0 Å². The van der Waals surface area contributed by atoms with E-state index in [1.165, 1.54) is 0 Å². The fourth-order valence-electron chi connectivity index (χ4n) is 3.40. The number of ether oxygens (including phenoxy) is 3. The van der Waals surface area contributed by atoms with Crippen LogP contribution in [0, 0.1) is 0 Å². The Bertz CT molecular complexity index is 731. The highest BCUT2D eigenvalue weighted by Crippen LogP contribution is 2.59. The van der Waals surface area contributed by atoms with Crippen LogP contribution in [0.5, 0.6) is 11.5 Å². The third kappa shape index (κ3) is 5.97. The summed E-state index contributed by atoms with van der Waals surface area (Å²) in [7, 11) is -3.79. The van der Waals surface area contributed by atoms with E-state index in [1.807, 2.05) is 19.1 Å². The van der Waals surface area contributed by atoms with E-state index in [9.17, 15) is 9.36 Å². The van der Waals surface area contributed by atoms with E-state index >= 15 is 0 Å². The molecular weight excluding hydrogens is 395 g/mol. The minimum atomic E-state index is -3.79. The van der Waals surface area contributed by atoms with E-state index in [4.69, 9.17) is 23.3 Å². The average Bonchev–Trinajstić information content (AvgIpc) is 3.07. The van der Waals surface area contributed by atoms with Crippen molar-refractivity contribution in [1.29, 1.82) is 0 Å². The summed E-state index contributed by atoms with van der Waals surface area (Å²) < 4.78 is 41.5. The summed E-state index contributed by atoms with van der Waals surface area (Å²) in [6.45, 7) is 11.3. The molecule has 0 spiro atoms. The van der Waals surface area contributed by atoms with E-state index in [0.29, 0.717) is 17.9 Å². The van der Waals surface area contributed by atoms with Crippen LogP contribution in [0.2, 0.25) is 0 Å². The zero-order chi connectivity index (χ0) is 21.7. The molecule has 1 aliphatic heterocycles. The third-order valence-corrected chi connectivity index (χ3v) is 6.90. The van der Waals surface area contributed by atoms with E-state index in [1.54, 1.807) is 40.7 Å². The van der Waals surface area contributed by atoms with Crippen LogP contribution < -0.4 is 9.47 Å². The van der Waals surface area contributed by atoms with E-state index < -0.39 is 30.7 Å². The van der Waals surface area contributed by atoms with Crippen LogP contribution in [0.15, 0.2) is 18.2 Å². The van der Waals surface area contributed by atoms with Gasteiger partial charge in [-0.1, -0.05) is 19.4 Å². The van der Waals surface area contributed by atoms with Crippen molar-refractivity contribution in [2.45, 2.75) is 71.6 Å². The Labute approximate surface area is 173 Å². The molecule has 0 amide bonds. The summed E-state index contributed by atoms with van der Waals surface area (Å²) in [5.41, 5.74) is -1.00. The molecule has 7 nitrogen and oxygen atoms in total. The predicted molar refractivity (Wildman–Crippen MR) is 111 cm³/mol. The zero-order valence-corrected chi connectivity index (χ0v) is 19.1. The fraction of sp³-hybridized carbons (Fsp3) is 0.667. The molecule has 2 rings (SSSR count). The number of hydrogen-bond acceptors (Lipinski definition) is 7. The van der Waals surface area contributed by atoms with Gasteiger partial charge < -0.3 is 23.3 Å². The van der Waals surface area contributed by atoms with Crippen molar-refractivity contribution < 1.29 is 32.6 Å². The van der Waals surface area contributed by atoms with Crippen molar-refractivity contribution in [3.63, 3.8) is 0 Å². The minimum absolute atomic E-state index is 0.156. The van der Waals surface area contributed by atoms with Crippen molar-refractivity contribution in [3.8, 4) is 11.5 Å². The number of hydrogen-bond donors (Lipinski definition) is 0. The number of fused-ring (bicyclic) bond motifs is 1. The summed E-state index contributed by atoms with van der Waals surface area (Å²) >= 11 is 0. The molecule has 8 heteroatoms. The molecule has 1 heterocycles. The number of benzene rings is 1. The second kappa shape index (κ2) is 9.96. The molecule has 0 aromatic heterocycles. The quantitative estimate of drug-likeness (QED) is 0.371. The van der Waals surface area contributed by atoms with Gasteiger partial charge in [0.05, 0.1) is 13.2 Å². The summed E-state index contributed by atoms with van der Waals surface area (Å²) in [5, 5.41) is 0. The molecule has 0 aliphatic carbocycles. The molecule has 164 valence electrons. The second-order valence-electron chi connectivity index (χ2n) is 7.86. The normalized spacial score (nSPS) is 15.8. The van der Waals surface area contributed by atoms with Gasteiger partial charge in [0, 0.05) is 5.92 Å². The van der Waals surface area contributed by atoms with Crippen molar-refractivity contribution >= 4 is 13.6 Å². The largest absolute Gasteiger partial charge is 0.459 e. The Hall–Kier alpha value is -1.56. The third-order valence-electron chi connectivity index (χ3n) is 4.41. The maximum atomic E-state index is 13.8. The Morgan fingerprint density at radius 3 is 2.28 bits per heavy atom. The standard InChI is InChI=1S/C21H33O7P/c1-7-10-16(15-11-12-17-18(13-15)25-14-24-17)19(20(22)28-21(4,5)6)29(23,26-8-2)27-9-3/h11-13,16,19H,7-10,14H2,1-6H3. The van der Waals surface area contributed by atoms with Gasteiger partial charge in [0.2, 0.25) is 6.79 Å². The molecule has 0 fully saturated rings. The Morgan fingerprint density at radius 1 is 1.10 bits per heavy atom. The number of esters is 1. The van der Waals surface area contributed by atoms with E-state index in [2.05, 4.69) is 0 Å². The van der Waals surface area contributed by atoms with Crippen LogP contribution in [0.1, 0.15) is 65.9 Å². The molecule has 1 aromatic carbocycles. The van der Waals surface area contributed by atoms with Gasteiger partial charge in [-0.15, -0.1) is 0 Å². The first kappa shape index (κ1) is 23.7. The highest BCUT2D eigenvalue weighted by molar-refractivity contribution is 7.55. The maximum Gasteiger partial charge on any atom is 0.345 e. The summed E-state index contributed by atoms with van der Waals surface area (Å²) in [6, 6.07) is 5.51. The summed E-state index contributed by atoms with van der Waals surface area (Å²) in [6.07, 6.45) is 1.38. The molecule has 0 saturated heterocycles. The highest BCUT2D eigenvalue weighted by Gasteiger charge is 2.48. The lowest BCUT2D eigenvalue weighted by molar-refractivity contribution is -0.155. The van der Waals surface area contributed by atoms with Crippen LogP contribution in [0.4, 0.5) is 0 Å².